The second-order valence-electron chi connectivity index (χ2n) is 9.68. The lowest BCUT2D eigenvalue weighted by Crippen LogP contribution is -2.36. The molecule has 208 valence electrons. The Morgan fingerprint density at radius 1 is 1.18 bits per heavy atom. The topological polar surface area (TPSA) is 96.9 Å². The van der Waals surface area contributed by atoms with Gasteiger partial charge in [0.05, 0.1) is 12.5 Å². The summed E-state index contributed by atoms with van der Waals surface area (Å²) in [7, 11) is 0. The van der Waals surface area contributed by atoms with Crippen molar-refractivity contribution in [2.75, 3.05) is 6.54 Å². The average Bonchev–Trinajstić information content (AvgIpc) is 2.80. The van der Waals surface area contributed by atoms with Gasteiger partial charge in [0.1, 0.15) is 17.2 Å². The zero-order valence-electron chi connectivity index (χ0n) is 21.4. The van der Waals surface area contributed by atoms with Crippen molar-refractivity contribution in [2.45, 2.75) is 58.4 Å². The van der Waals surface area contributed by atoms with Gasteiger partial charge >= 0.3 is 12.5 Å². The lowest BCUT2D eigenvalue weighted by molar-refractivity contribution is -0.157. The molecule has 0 aromatic heterocycles. The fraction of sp³-hybridized carbons (Fsp3) is 0.407. The molecule has 0 bridgehead atoms. The van der Waals surface area contributed by atoms with Gasteiger partial charge in [0, 0.05) is 46.1 Å². The van der Waals surface area contributed by atoms with Crippen LogP contribution in [0.2, 0.25) is 0 Å². The molecule has 0 radical (unpaired) electrons. The van der Waals surface area contributed by atoms with Crippen LogP contribution in [0.4, 0.5) is 17.6 Å². The number of aliphatic imine (C=N–C) groups is 1. The van der Waals surface area contributed by atoms with Gasteiger partial charge in [0.2, 0.25) is 0 Å². The maximum absolute atomic E-state index is 14.7. The molecule has 6 nitrogen and oxygen atoms in total. The van der Waals surface area contributed by atoms with Crippen LogP contribution in [0.15, 0.2) is 47.6 Å². The minimum atomic E-state index is -2.99. The van der Waals surface area contributed by atoms with E-state index < -0.39 is 41.8 Å². The summed E-state index contributed by atoms with van der Waals surface area (Å²) in [5.41, 5.74) is 5.20. The van der Waals surface area contributed by atoms with Crippen molar-refractivity contribution in [3.63, 3.8) is 0 Å². The summed E-state index contributed by atoms with van der Waals surface area (Å²) in [6.45, 7) is 1.97. The van der Waals surface area contributed by atoms with Gasteiger partial charge in [-0.25, -0.2) is 13.8 Å². The van der Waals surface area contributed by atoms with E-state index in [9.17, 15) is 27.5 Å². The van der Waals surface area contributed by atoms with Crippen molar-refractivity contribution >= 4 is 40.3 Å². The van der Waals surface area contributed by atoms with Crippen LogP contribution in [0.5, 0.6) is 0 Å². The number of nitrogens with zero attached hydrogens (tertiary/aromatic N) is 1. The van der Waals surface area contributed by atoms with Crippen LogP contribution in [0.3, 0.4) is 0 Å². The van der Waals surface area contributed by atoms with E-state index in [1.807, 2.05) is 24.3 Å². The zero-order chi connectivity index (χ0) is 28.5. The van der Waals surface area contributed by atoms with Crippen molar-refractivity contribution in [1.29, 1.82) is 0 Å². The van der Waals surface area contributed by atoms with E-state index >= 15 is 0 Å². The number of hydrogen-bond donors (Lipinski definition) is 3. The first-order chi connectivity index (χ1) is 17.8. The lowest BCUT2D eigenvalue weighted by Gasteiger charge is -2.26. The Morgan fingerprint density at radius 2 is 1.79 bits per heavy atom. The summed E-state index contributed by atoms with van der Waals surface area (Å²) >= 11 is 2.18. The zero-order valence-corrected chi connectivity index (χ0v) is 23.5. The number of allylic oxidation sites excluding steroid dienone is 1. The number of nitrogens with two attached hydrogens (primary N) is 1. The molecule has 0 aliphatic rings. The van der Waals surface area contributed by atoms with Crippen molar-refractivity contribution < 1.29 is 32.2 Å². The minimum absolute atomic E-state index is 0.0438. The standard InChI is InChI=1S/C27H32F4IN3O3/c1-27(2,3)38-25(37)11-18(8-16-4-6-20(32)7-5-16)24(36)15-34-14-21-22(28)9-17(10-23(21)29)19(12-33)13-35-26(30)31/h4-7,9-10,12-13,18,24,26,34,36H,8,11,14-15,33H2,1-3H3/t18-,24+/m1/s1. The molecular formula is C27H32F4IN3O3. The maximum Gasteiger partial charge on any atom is 0.331 e. The Hall–Kier alpha value is -2.51. The van der Waals surface area contributed by atoms with Crippen LogP contribution in [0.25, 0.3) is 5.57 Å². The van der Waals surface area contributed by atoms with E-state index in [0.717, 1.165) is 33.7 Å². The summed E-state index contributed by atoms with van der Waals surface area (Å²) < 4.78 is 60.5. The molecule has 0 saturated carbocycles. The largest absolute Gasteiger partial charge is 0.460 e. The van der Waals surface area contributed by atoms with E-state index in [1.54, 1.807) is 20.8 Å². The number of aliphatic hydroxyl groups is 1. The third-order valence-corrected chi connectivity index (χ3v) is 6.16. The van der Waals surface area contributed by atoms with Crippen LogP contribution in [0, 0.1) is 21.1 Å². The van der Waals surface area contributed by atoms with Gasteiger partial charge in [-0.1, -0.05) is 12.1 Å². The minimum Gasteiger partial charge on any atom is -0.460 e. The quantitative estimate of drug-likeness (QED) is 0.0966. The Balaban J connectivity index is 2.11. The molecule has 2 aromatic carbocycles. The number of aliphatic hydroxyl groups excluding tert-OH is 1. The smallest absolute Gasteiger partial charge is 0.331 e. The molecule has 4 N–H and O–H groups in total. The maximum atomic E-state index is 14.7. The predicted octanol–water partition coefficient (Wildman–Crippen LogP) is 5.20. The molecule has 0 aliphatic heterocycles. The van der Waals surface area contributed by atoms with Gasteiger partial charge in [-0.05, 0) is 85.2 Å². The van der Waals surface area contributed by atoms with Crippen molar-refractivity contribution in [3.8, 4) is 0 Å². The number of ether oxygens (including phenoxy) is 1. The molecule has 2 aromatic rings. The van der Waals surface area contributed by atoms with Crippen molar-refractivity contribution in [3.05, 3.63) is 74.5 Å². The van der Waals surface area contributed by atoms with E-state index in [2.05, 4.69) is 32.9 Å². The predicted molar refractivity (Wildman–Crippen MR) is 148 cm³/mol. The normalized spacial score (nSPS) is 14.2. The number of nitrogens with one attached hydrogen (secondary N) is 1. The molecule has 0 amide bonds. The van der Waals surface area contributed by atoms with Crippen LogP contribution in [-0.4, -0.2) is 42.1 Å². The van der Waals surface area contributed by atoms with Crippen LogP contribution >= 0.6 is 22.6 Å². The van der Waals surface area contributed by atoms with Crippen molar-refractivity contribution in [2.24, 2.45) is 16.6 Å². The van der Waals surface area contributed by atoms with Gasteiger partial charge in [0.25, 0.3) is 0 Å². The monoisotopic (exact) mass is 649 g/mol. The van der Waals surface area contributed by atoms with Gasteiger partial charge < -0.3 is 20.9 Å². The number of esters is 1. The fourth-order valence-electron chi connectivity index (χ4n) is 3.67. The molecule has 0 heterocycles. The number of benzene rings is 2. The molecule has 2 atom stereocenters. The summed E-state index contributed by atoms with van der Waals surface area (Å²) in [5, 5.41) is 13.7. The highest BCUT2D eigenvalue weighted by Crippen LogP contribution is 2.22. The highest BCUT2D eigenvalue weighted by Gasteiger charge is 2.26. The van der Waals surface area contributed by atoms with E-state index in [0.29, 0.717) is 6.42 Å². The summed E-state index contributed by atoms with van der Waals surface area (Å²) in [6, 6.07) is 9.60. The van der Waals surface area contributed by atoms with E-state index in [1.165, 1.54) is 0 Å². The third kappa shape index (κ3) is 10.7. The average molecular weight is 649 g/mol. The molecule has 38 heavy (non-hydrogen) atoms. The molecule has 0 spiro atoms. The molecule has 11 heteroatoms. The Labute approximate surface area is 233 Å². The van der Waals surface area contributed by atoms with Crippen LogP contribution in [-0.2, 0) is 22.5 Å². The van der Waals surface area contributed by atoms with E-state index in [-0.39, 0.29) is 36.2 Å². The first-order valence-corrected chi connectivity index (χ1v) is 12.9. The first kappa shape index (κ1) is 31.7. The number of carbonyl (C=O) groups is 1. The molecular weight excluding hydrogens is 617 g/mol. The van der Waals surface area contributed by atoms with Crippen LogP contribution < -0.4 is 11.1 Å². The first-order valence-electron chi connectivity index (χ1n) is 11.9. The third-order valence-electron chi connectivity index (χ3n) is 5.44. The number of carbonyl (C=O) groups excluding carboxylic acids is 1. The highest BCUT2D eigenvalue weighted by molar-refractivity contribution is 14.1. The van der Waals surface area contributed by atoms with Gasteiger partial charge in [-0.15, -0.1) is 0 Å². The summed E-state index contributed by atoms with van der Waals surface area (Å²) in [4.78, 5) is 15.4. The van der Waals surface area contributed by atoms with Crippen molar-refractivity contribution in [1.82, 2.24) is 5.32 Å². The highest BCUT2D eigenvalue weighted by atomic mass is 127. The number of halogens is 5. The second kappa shape index (κ2) is 14.6. The van der Waals surface area contributed by atoms with E-state index in [4.69, 9.17) is 10.5 Å². The van der Waals surface area contributed by atoms with Gasteiger partial charge in [-0.3, -0.25) is 4.79 Å². The lowest BCUT2D eigenvalue weighted by atomic mass is 9.90. The number of hydrogen-bond acceptors (Lipinski definition) is 6. The SMILES string of the molecule is CC(C)(C)OC(=O)C[C@@H](Cc1ccc(I)cc1)[C@@H](O)CNCc1c(F)cc(C(C=NC(F)F)=CN)cc1F. The summed E-state index contributed by atoms with van der Waals surface area (Å²) in [5.74, 6) is -2.81. The Bertz CT molecular complexity index is 1110. The summed E-state index contributed by atoms with van der Waals surface area (Å²) in [6.07, 6.45) is 0.991. The Morgan fingerprint density at radius 3 is 2.32 bits per heavy atom. The molecule has 0 aliphatic carbocycles. The van der Waals surface area contributed by atoms with Crippen LogP contribution in [0.1, 0.15) is 43.9 Å². The molecule has 2 rings (SSSR count). The molecule has 0 unspecified atom stereocenters. The second-order valence-corrected chi connectivity index (χ2v) is 10.9. The Kier molecular flexibility index (Phi) is 12.2. The number of rotatable bonds is 12. The molecule has 0 saturated heterocycles. The fourth-order valence-corrected chi connectivity index (χ4v) is 4.03. The van der Waals surface area contributed by atoms with Gasteiger partial charge in [-0.2, -0.15) is 8.78 Å². The number of alkyl halides is 2. The molecule has 0 fully saturated rings. The van der Waals surface area contributed by atoms with Gasteiger partial charge in [0.15, 0.2) is 0 Å².